The average molecular weight is 549 g/mol. The third-order valence-electron chi connectivity index (χ3n) is 5.80. The molecule has 0 N–H and O–H groups in total. The van der Waals surface area contributed by atoms with Crippen LogP contribution in [-0.2, 0) is 26.2 Å². The molecular weight excluding hydrogens is 526 g/mol. The smallest absolute Gasteiger partial charge is 0.264 e. The monoisotopic (exact) mass is 548 g/mol. The van der Waals surface area contributed by atoms with Crippen LogP contribution < -0.4 is 9.04 Å². The number of para-hydroxylation sites is 1. The average Bonchev–Trinajstić information content (AvgIpc) is 3.19. The number of likely N-dealkylation sites (tertiary alicyclic amines) is 1. The first kappa shape index (κ1) is 26.6. The van der Waals surface area contributed by atoms with Gasteiger partial charge in [0.1, 0.15) is 17.4 Å². The van der Waals surface area contributed by atoms with Crippen LogP contribution in [-0.4, -0.2) is 38.3 Å². The van der Waals surface area contributed by atoms with Gasteiger partial charge in [-0.25, -0.2) is 17.2 Å². The highest BCUT2D eigenvalue weighted by atomic mass is 35.5. The van der Waals surface area contributed by atoms with Crippen LogP contribution in [0.15, 0.2) is 71.6 Å². The zero-order valence-corrected chi connectivity index (χ0v) is 21.1. The van der Waals surface area contributed by atoms with Crippen molar-refractivity contribution < 1.29 is 31.5 Å². The lowest BCUT2D eigenvalue weighted by Gasteiger charge is -2.26. The van der Waals surface area contributed by atoms with Crippen LogP contribution in [0.4, 0.5) is 14.5 Å². The molecule has 1 aliphatic heterocycles. The number of anilines is 1. The minimum Gasteiger partial charge on any atom is -0.493 e. The fourth-order valence-corrected chi connectivity index (χ4v) is 5.49. The van der Waals surface area contributed by atoms with Crippen molar-refractivity contribution in [3.05, 3.63) is 89.0 Å². The summed E-state index contributed by atoms with van der Waals surface area (Å²) in [6, 6.07) is 14.5. The van der Waals surface area contributed by atoms with Gasteiger partial charge in [0.15, 0.2) is 0 Å². The van der Waals surface area contributed by atoms with E-state index in [4.69, 9.17) is 16.3 Å². The molecule has 0 atom stereocenters. The Balaban J connectivity index is 1.60. The van der Waals surface area contributed by atoms with Gasteiger partial charge >= 0.3 is 0 Å². The molecule has 0 aliphatic carbocycles. The van der Waals surface area contributed by atoms with Crippen molar-refractivity contribution >= 4 is 39.1 Å². The lowest BCUT2D eigenvalue weighted by atomic mass is 10.2. The van der Waals surface area contributed by atoms with Crippen molar-refractivity contribution in [2.45, 2.75) is 30.7 Å². The third-order valence-corrected chi connectivity index (χ3v) is 7.83. The molecule has 194 valence electrons. The number of nitrogens with zero attached hydrogens (tertiary/aromatic N) is 2. The van der Waals surface area contributed by atoms with E-state index in [9.17, 15) is 26.8 Å². The Morgan fingerprint density at radius 3 is 2.32 bits per heavy atom. The standard InChI is InChI=1S/C26H23ClF2N2O5S/c27-19-6-9-21(10-7-19)37(34,35)31(23-16-20(28)8-11-22(23)29)17-18-4-1-2-5-24(18)36-15-3-14-30-25(32)12-13-26(30)33/h1-2,4-11,16H,3,12-15,17H2. The summed E-state index contributed by atoms with van der Waals surface area (Å²) in [5.74, 6) is -1.83. The molecule has 1 saturated heterocycles. The first-order chi connectivity index (χ1) is 17.7. The summed E-state index contributed by atoms with van der Waals surface area (Å²) in [6.07, 6.45) is 0.783. The van der Waals surface area contributed by atoms with Crippen molar-refractivity contribution in [1.29, 1.82) is 0 Å². The molecule has 7 nitrogen and oxygen atoms in total. The lowest BCUT2D eigenvalue weighted by molar-refractivity contribution is -0.138. The van der Waals surface area contributed by atoms with Gasteiger partial charge in [-0.2, -0.15) is 0 Å². The minimum absolute atomic E-state index is 0.145. The van der Waals surface area contributed by atoms with E-state index in [0.717, 1.165) is 22.5 Å². The number of halogens is 3. The largest absolute Gasteiger partial charge is 0.493 e. The molecule has 37 heavy (non-hydrogen) atoms. The van der Waals surface area contributed by atoms with Gasteiger partial charge < -0.3 is 4.74 Å². The van der Waals surface area contributed by atoms with Gasteiger partial charge in [0.25, 0.3) is 10.0 Å². The molecule has 4 rings (SSSR count). The number of benzene rings is 3. The number of hydrogen-bond acceptors (Lipinski definition) is 5. The van der Waals surface area contributed by atoms with Crippen LogP contribution in [0.2, 0.25) is 5.02 Å². The zero-order valence-electron chi connectivity index (χ0n) is 19.6. The van der Waals surface area contributed by atoms with Crippen molar-refractivity contribution in [2.24, 2.45) is 0 Å². The second kappa shape index (κ2) is 11.3. The molecule has 11 heteroatoms. The number of carbonyl (C=O) groups is 2. The number of rotatable bonds is 10. The first-order valence-electron chi connectivity index (χ1n) is 11.4. The summed E-state index contributed by atoms with van der Waals surface area (Å²) in [4.78, 5) is 24.6. The summed E-state index contributed by atoms with van der Waals surface area (Å²) in [6.45, 7) is 0.00233. The Morgan fingerprint density at radius 2 is 1.62 bits per heavy atom. The van der Waals surface area contributed by atoms with Crippen LogP contribution in [0.25, 0.3) is 0 Å². The third kappa shape index (κ3) is 6.08. The summed E-state index contributed by atoms with van der Waals surface area (Å²) in [5, 5.41) is 0.318. The number of amides is 2. The van der Waals surface area contributed by atoms with Gasteiger partial charge in [-0.1, -0.05) is 29.8 Å². The van der Waals surface area contributed by atoms with Crippen molar-refractivity contribution in [1.82, 2.24) is 4.90 Å². The normalized spacial score (nSPS) is 13.8. The van der Waals surface area contributed by atoms with E-state index in [1.165, 1.54) is 29.2 Å². The Kier molecular flexibility index (Phi) is 8.09. The molecule has 3 aromatic rings. The van der Waals surface area contributed by atoms with Crippen LogP contribution in [0.5, 0.6) is 5.75 Å². The van der Waals surface area contributed by atoms with E-state index in [0.29, 0.717) is 22.8 Å². The Bertz CT molecular complexity index is 1400. The molecule has 1 heterocycles. The summed E-state index contributed by atoms with van der Waals surface area (Å²) in [7, 11) is -4.34. The fraction of sp³-hybridized carbons (Fsp3) is 0.231. The highest BCUT2D eigenvalue weighted by Gasteiger charge is 2.30. The lowest BCUT2D eigenvalue weighted by Crippen LogP contribution is -2.32. The van der Waals surface area contributed by atoms with Crippen molar-refractivity contribution in [3.63, 3.8) is 0 Å². The van der Waals surface area contributed by atoms with Crippen LogP contribution in [0.3, 0.4) is 0 Å². The van der Waals surface area contributed by atoms with E-state index in [1.54, 1.807) is 24.3 Å². The van der Waals surface area contributed by atoms with Crippen LogP contribution in [0, 0.1) is 11.6 Å². The molecule has 0 aromatic heterocycles. The van der Waals surface area contributed by atoms with Crippen LogP contribution in [0.1, 0.15) is 24.8 Å². The van der Waals surface area contributed by atoms with E-state index < -0.39 is 27.3 Å². The molecule has 3 aromatic carbocycles. The van der Waals surface area contributed by atoms with Gasteiger partial charge in [0.2, 0.25) is 11.8 Å². The minimum atomic E-state index is -4.34. The predicted octanol–water partition coefficient (Wildman–Crippen LogP) is 4.93. The Hall–Kier alpha value is -3.50. The molecule has 0 spiro atoms. The molecule has 0 saturated carbocycles. The predicted molar refractivity (Wildman–Crippen MR) is 134 cm³/mol. The maximum atomic E-state index is 14.8. The number of sulfonamides is 1. The topological polar surface area (TPSA) is 84.0 Å². The zero-order chi connectivity index (χ0) is 26.6. The number of imide groups is 1. The summed E-state index contributed by atoms with van der Waals surface area (Å²) >= 11 is 5.90. The quantitative estimate of drug-likeness (QED) is 0.265. The van der Waals surface area contributed by atoms with E-state index >= 15 is 0 Å². The maximum absolute atomic E-state index is 14.8. The summed E-state index contributed by atoms with van der Waals surface area (Å²) < 4.78 is 62.6. The van der Waals surface area contributed by atoms with E-state index in [-0.39, 0.29) is 49.2 Å². The second-order valence-electron chi connectivity index (χ2n) is 8.31. The number of hydrogen-bond donors (Lipinski definition) is 0. The van der Waals surface area contributed by atoms with Crippen molar-refractivity contribution in [3.8, 4) is 5.75 Å². The Labute approximate surface area is 218 Å². The molecular formula is C26H23ClF2N2O5S. The SMILES string of the molecule is O=C1CCC(=O)N1CCCOc1ccccc1CN(c1cc(F)ccc1F)S(=O)(=O)c1ccc(Cl)cc1. The maximum Gasteiger partial charge on any atom is 0.264 e. The van der Waals surface area contributed by atoms with E-state index in [2.05, 4.69) is 0 Å². The summed E-state index contributed by atoms with van der Waals surface area (Å²) in [5.41, 5.74) is -0.0622. The van der Waals surface area contributed by atoms with Crippen LogP contribution >= 0.6 is 11.6 Å². The Morgan fingerprint density at radius 1 is 0.946 bits per heavy atom. The second-order valence-corrected chi connectivity index (χ2v) is 10.6. The fourth-order valence-electron chi connectivity index (χ4n) is 3.92. The molecule has 1 fully saturated rings. The van der Waals surface area contributed by atoms with Gasteiger partial charge in [-0.15, -0.1) is 0 Å². The molecule has 0 radical (unpaired) electrons. The molecule has 2 amide bonds. The highest BCUT2D eigenvalue weighted by Crippen LogP contribution is 2.32. The highest BCUT2D eigenvalue weighted by molar-refractivity contribution is 7.92. The molecule has 1 aliphatic rings. The van der Waals surface area contributed by atoms with Crippen molar-refractivity contribution in [2.75, 3.05) is 17.5 Å². The molecule has 0 bridgehead atoms. The van der Waals surface area contributed by atoms with E-state index in [1.807, 2.05) is 0 Å². The van der Waals surface area contributed by atoms with Gasteiger partial charge in [0.05, 0.1) is 23.7 Å². The molecule has 0 unspecified atom stereocenters. The number of carbonyl (C=O) groups excluding carboxylic acids is 2. The first-order valence-corrected chi connectivity index (χ1v) is 13.3. The number of ether oxygens (including phenoxy) is 1. The van der Waals surface area contributed by atoms with Gasteiger partial charge in [-0.05, 0) is 48.9 Å². The van der Waals surface area contributed by atoms with Gasteiger partial charge in [-0.3, -0.25) is 18.8 Å². The van der Waals surface area contributed by atoms with Gasteiger partial charge in [0, 0.05) is 36.0 Å².